The van der Waals surface area contributed by atoms with Crippen molar-refractivity contribution in [1.82, 2.24) is 5.32 Å². The lowest BCUT2D eigenvalue weighted by molar-refractivity contribution is 0.391. The van der Waals surface area contributed by atoms with E-state index in [0.29, 0.717) is 12.0 Å². The molecule has 0 spiro atoms. The molecule has 80 valence electrons. The van der Waals surface area contributed by atoms with E-state index in [2.05, 4.69) is 28.8 Å². The highest BCUT2D eigenvalue weighted by Gasteiger charge is 2.35. The Morgan fingerprint density at radius 1 is 1.40 bits per heavy atom. The maximum atomic E-state index is 5.44. The molecule has 1 aromatic carbocycles. The Bertz CT molecular complexity index is 378. The SMILES string of the molecule is COc1cccc2c1C1CNCCC1N2. The summed E-state index contributed by atoms with van der Waals surface area (Å²) in [4.78, 5) is 0. The molecule has 0 aromatic heterocycles. The van der Waals surface area contributed by atoms with Crippen LogP contribution in [0.25, 0.3) is 0 Å². The third-order valence-corrected chi connectivity index (χ3v) is 3.48. The van der Waals surface area contributed by atoms with Crippen LogP contribution in [0.3, 0.4) is 0 Å². The van der Waals surface area contributed by atoms with Crippen molar-refractivity contribution in [2.75, 3.05) is 25.5 Å². The highest BCUT2D eigenvalue weighted by molar-refractivity contribution is 5.65. The van der Waals surface area contributed by atoms with E-state index in [0.717, 1.165) is 18.8 Å². The molecule has 0 saturated carbocycles. The summed E-state index contributed by atoms with van der Waals surface area (Å²) in [5.74, 6) is 1.60. The molecule has 0 bridgehead atoms. The van der Waals surface area contributed by atoms with Gasteiger partial charge in [0.05, 0.1) is 7.11 Å². The largest absolute Gasteiger partial charge is 0.496 e. The van der Waals surface area contributed by atoms with Crippen molar-refractivity contribution in [2.24, 2.45) is 0 Å². The second-order valence-electron chi connectivity index (χ2n) is 4.27. The number of hydrogen-bond donors (Lipinski definition) is 2. The molecule has 0 radical (unpaired) electrons. The smallest absolute Gasteiger partial charge is 0.124 e. The summed E-state index contributed by atoms with van der Waals surface area (Å²) in [5.41, 5.74) is 2.62. The van der Waals surface area contributed by atoms with Gasteiger partial charge in [0.15, 0.2) is 0 Å². The van der Waals surface area contributed by atoms with Gasteiger partial charge in [-0.25, -0.2) is 0 Å². The number of methoxy groups -OCH3 is 1. The molecule has 1 saturated heterocycles. The quantitative estimate of drug-likeness (QED) is 0.728. The number of nitrogens with one attached hydrogen (secondary N) is 2. The highest BCUT2D eigenvalue weighted by Crippen LogP contribution is 2.43. The minimum Gasteiger partial charge on any atom is -0.496 e. The Hall–Kier alpha value is -1.22. The molecule has 3 rings (SSSR count). The maximum absolute atomic E-state index is 5.44. The number of hydrogen-bond acceptors (Lipinski definition) is 3. The minimum atomic E-state index is 0.574. The molecule has 3 heteroatoms. The van der Waals surface area contributed by atoms with Crippen LogP contribution in [-0.4, -0.2) is 26.2 Å². The fraction of sp³-hybridized carbons (Fsp3) is 0.500. The van der Waals surface area contributed by atoms with Gasteiger partial charge in [-0.1, -0.05) is 6.07 Å². The molecule has 0 aliphatic carbocycles. The van der Waals surface area contributed by atoms with Crippen LogP contribution in [0.1, 0.15) is 17.9 Å². The average molecular weight is 204 g/mol. The van der Waals surface area contributed by atoms with E-state index in [-0.39, 0.29) is 0 Å². The molecule has 0 amide bonds. The zero-order chi connectivity index (χ0) is 10.3. The van der Waals surface area contributed by atoms with Gasteiger partial charge in [0, 0.05) is 29.8 Å². The Labute approximate surface area is 89.8 Å². The van der Waals surface area contributed by atoms with Crippen LogP contribution in [-0.2, 0) is 0 Å². The summed E-state index contributed by atoms with van der Waals surface area (Å²) in [6.07, 6.45) is 1.20. The Morgan fingerprint density at radius 2 is 2.33 bits per heavy atom. The first-order valence-electron chi connectivity index (χ1n) is 5.54. The first-order chi connectivity index (χ1) is 7.40. The predicted octanol–water partition coefficient (Wildman–Crippen LogP) is 1.57. The summed E-state index contributed by atoms with van der Waals surface area (Å²) >= 11 is 0. The molecule has 3 nitrogen and oxygen atoms in total. The van der Waals surface area contributed by atoms with E-state index < -0.39 is 0 Å². The van der Waals surface area contributed by atoms with E-state index in [1.165, 1.54) is 17.7 Å². The summed E-state index contributed by atoms with van der Waals surface area (Å²) < 4.78 is 5.44. The van der Waals surface area contributed by atoms with E-state index in [4.69, 9.17) is 4.74 Å². The van der Waals surface area contributed by atoms with Crippen molar-refractivity contribution in [3.8, 4) is 5.75 Å². The predicted molar refractivity (Wildman–Crippen MR) is 60.6 cm³/mol. The van der Waals surface area contributed by atoms with Crippen molar-refractivity contribution in [2.45, 2.75) is 18.4 Å². The third-order valence-electron chi connectivity index (χ3n) is 3.48. The molecule has 15 heavy (non-hydrogen) atoms. The van der Waals surface area contributed by atoms with Gasteiger partial charge >= 0.3 is 0 Å². The topological polar surface area (TPSA) is 33.3 Å². The molecule has 1 fully saturated rings. The molecular weight excluding hydrogens is 188 g/mol. The molecule has 2 atom stereocenters. The van der Waals surface area contributed by atoms with Gasteiger partial charge < -0.3 is 15.4 Å². The van der Waals surface area contributed by atoms with Crippen molar-refractivity contribution in [3.63, 3.8) is 0 Å². The Morgan fingerprint density at radius 3 is 3.20 bits per heavy atom. The van der Waals surface area contributed by atoms with Crippen molar-refractivity contribution in [1.29, 1.82) is 0 Å². The summed E-state index contributed by atoms with van der Waals surface area (Å²) in [6.45, 7) is 2.18. The lowest BCUT2D eigenvalue weighted by atomic mass is 9.90. The fourth-order valence-corrected chi connectivity index (χ4v) is 2.76. The number of ether oxygens (including phenoxy) is 1. The van der Waals surface area contributed by atoms with Crippen molar-refractivity contribution in [3.05, 3.63) is 23.8 Å². The highest BCUT2D eigenvalue weighted by atomic mass is 16.5. The van der Waals surface area contributed by atoms with Crippen molar-refractivity contribution >= 4 is 5.69 Å². The van der Waals surface area contributed by atoms with Crippen molar-refractivity contribution < 1.29 is 4.74 Å². The van der Waals surface area contributed by atoms with Crippen LogP contribution in [0.5, 0.6) is 5.75 Å². The van der Waals surface area contributed by atoms with Crippen LogP contribution >= 0.6 is 0 Å². The number of rotatable bonds is 1. The molecule has 2 heterocycles. The van der Waals surface area contributed by atoms with Crippen LogP contribution in [0, 0.1) is 0 Å². The normalized spacial score (nSPS) is 27.8. The van der Waals surface area contributed by atoms with Gasteiger partial charge in [-0.05, 0) is 25.1 Å². The second kappa shape index (κ2) is 3.42. The van der Waals surface area contributed by atoms with Crippen LogP contribution in [0.15, 0.2) is 18.2 Å². The van der Waals surface area contributed by atoms with Crippen LogP contribution in [0.2, 0.25) is 0 Å². The maximum Gasteiger partial charge on any atom is 0.124 e. The van der Waals surface area contributed by atoms with Gasteiger partial charge in [0.25, 0.3) is 0 Å². The summed E-state index contributed by atoms with van der Waals surface area (Å²) in [7, 11) is 1.75. The molecule has 2 aliphatic heterocycles. The molecule has 1 aromatic rings. The van der Waals surface area contributed by atoms with E-state index >= 15 is 0 Å². The summed E-state index contributed by atoms with van der Waals surface area (Å²) in [6, 6.07) is 6.85. The second-order valence-corrected chi connectivity index (χ2v) is 4.27. The van der Waals surface area contributed by atoms with Gasteiger partial charge in [-0.2, -0.15) is 0 Å². The number of benzene rings is 1. The zero-order valence-corrected chi connectivity index (χ0v) is 8.92. The molecule has 2 N–H and O–H groups in total. The van der Waals surface area contributed by atoms with Crippen LogP contribution < -0.4 is 15.4 Å². The zero-order valence-electron chi connectivity index (χ0n) is 8.92. The van der Waals surface area contributed by atoms with E-state index in [1.807, 2.05) is 0 Å². The van der Waals surface area contributed by atoms with Gasteiger partial charge in [-0.15, -0.1) is 0 Å². The molecule has 2 unspecified atom stereocenters. The van der Waals surface area contributed by atoms with E-state index in [1.54, 1.807) is 7.11 Å². The Kier molecular flexibility index (Phi) is 2.06. The van der Waals surface area contributed by atoms with E-state index in [9.17, 15) is 0 Å². The number of piperidine rings is 1. The fourth-order valence-electron chi connectivity index (χ4n) is 2.76. The van der Waals surface area contributed by atoms with Gasteiger partial charge in [-0.3, -0.25) is 0 Å². The first-order valence-corrected chi connectivity index (χ1v) is 5.54. The Balaban J connectivity index is 2.05. The lowest BCUT2D eigenvalue weighted by Crippen LogP contribution is -2.38. The average Bonchev–Trinajstić information content (AvgIpc) is 2.67. The molecular formula is C12H16N2O. The monoisotopic (exact) mass is 204 g/mol. The third kappa shape index (κ3) is 1.30. The number of fused-ring (bicyclic) bond motifs is 3. The standard InChI is InChI=1S/C12H16N2O/c1-15-11-4-2-3-10-12(11)8-7-13-6-5-9(8)14-10/h2-4,8-9,13-14H,5-7H2,1H3. The lowest BCUT2D eigenvalue weighted by Gasteiger charge is -2.26. The number of anilines is 1. The van der Waals surface area contributed by atoms with Gasteiger partial charge in [0.1, 0.15) is 5.75 Å². The minimum absolute atomic E-state index is 0.574. The first kappa shape index (κ1) is 9.04. The summed E-state index contributed by atoms with van der Waals surface area (Å²) in [5, 5.41) is 7.04. The molecule has 2 aliphatic rings. The van der Waals surface area contributed by atoms with Gasteiger partial charge in [0.2, 0.25) is 0 Å². The van der Waals surface area contributed by atoms with Crippen LogP contribution in [0.4, 0.5) is 5.69 Å².